The molecule has 0 aliphatic heterocycles. The molecule has 0 aromatic carbocycles. The summed E-state index contributed by atoms with van der Waals surface area (Å²) in [6.07, 6.45) is 12.9. The van der Waals surface area contributed by atoms with Crippen LogP contribution in [0, 0.1) is 35.5 Å². The number of allylic oxidation sites excluding steroid dienone is 2. The van der Waals surface area contributed by atoms with Gasteiger partial charge in [0, 0.05) is 25.9 Å². The highest BCUT2D eigenvalue weighted by molar-refractivity contribution is 5.93. The average molecular weight is 316 g/mol. The van der Waals surface area contributed by atoms with Gasteiger partial charge in [-0.3, -0.25) is 4.79 Å². The minimum absolute atomic E-state index is 0.154. The summed E-state index contributed by atoms with van der Waals surface area (Å²) >= 11 is 0. The Kier molecular flexibility index (Phi) is 8.70. The molecule has 0 N–H and O–H groups in total. The number of likely N-dealkylation sites (N-methyl/N-ethyl adjacent to an activating group) is 1. The molecule has 1 aliphatic carbocycles. The lowest BCUT2D eigenvalue weighted by Gasteiger charge is -2.36. The number of carbonyl (C=O) groups is 1. The van der Waals surface area contributed by atoms with Crippen molar-refractivity contribution in [1.29, 1.82) is 5.26 Å². The molecular formula is C20H32N2O. The quantitative estimate of drug-likeness (QED) is 0.564. The van der Waals surface area contributed by atoms with Crippen molar-refractivity contribution in [3.05, 3.63) is 11.3 Å². The second kappa shape index (κ2) is 9.41. The Morgan fingerprint density at radius 1 is 1.17 bits per heavy atom. The van der Waals surface area contributed by atoms with Crippen molar-refractivity contribution >= 4 is 5.78 Å². The molecule has 0 bridgehead atoms. The number of carbonyl (C=O) groups excluding carboxylic acids is 1. The van der Waals surface area contributed by atoms with Gasteiger partial charge in [-0.05, 0) is 50.0 Å². The van der Waals surface area contributed by atoms with Crippen LogP contribution in [-0.4, -0.2) is 23.8 Å². The first kappa shape index (κ1) is 21.3. The normalized spacial score (nSPS) is 22.0. The van der Waals surface area contributed by atoms with Crippen LogP contribution < -0.4 is 0 Å². The monoisotopic (exact) mass is 316 g/mol. The van der Waals surface area contributed by atoms with Gasteiger partial charge in [0.15, 0.2) is 5.78 Å². The molecule has 1 aliphatic rings. The second-order valence-corrected chi connectivity index (χ2v) is 7.67. The molecular weight excluding hydrogens is 284 g/mol. The number of hydrogen-bond acceptors (Lipinski definition) is 3. The van der Waals surface area contributed by atoms with Crippen molar-refractivity contribution in [3.63, 3.8) is 0 Å². The van der Waals surface area contributed by atoms with Gasteiger partial charge in [0.1, 0.15) is 0 Å². The van der Waals surface area contributed by atoms with Gasteiger partial charge in [-0.25, -0.2) is 0 Å². The van der Waals surface area contributed by atoms with Crippen molar-refractivity contribution in [3.8, 4) is 18.9 Å². The molecule has 0 radical (unpaired) electrons. The summed E-state index contributed by atoms with van der Waals surface area (Å²) in [5.74, 6) is 0.358. The molecule has 23 heavy (non-hydrogen) atoms. The molecule has 3 heteroatoms. The van der Waals surface area contributed by atoms with E-state index >= 15 is 0 Å². The molecule has 1 rings (SSSR count). The third-order valence-corrected chi connectivity index (χ3v) is 4.31. The number of nitrogens with zero attached hydrogens (tertiary/aromatic N) is 2. The van der Waals surface area contributed by atoms with Crippen molar-refractivity contribution in [2.24, 2.45) is 11.3 Å². The largest absolute Gasteiger partial charge is 0.369 e. The van der Waals surface area contributed by atoms with E-state index in [0.717, 1.165) is 37.8 Å². The highest BCUT2D eigenvalue weighted by atomic mass is 16.1. The van der Waals surface area contributed by atoms with Gasteiger partial charge < -0.3 is 4.90 Å². The Bertz CT molecular complexity index is 480. The molecule has 3 nitrogen and oxygen atoms in total. The fraction of sp³-hybridized carbons (Fsp3) is 0.700. The van der Waals surface area contributed by atoms with Crippen LogP contribution in [-0.2, 0) is 4.79 Å². The molecule has 0 atom stereocenters. The second-order valence-electron chi connectivity index (χ2n) is 7.67. The van der Waals surface area contributed by atoms with E-state index in [1.54, 1.807) is 6.92 Å². The fourth-order valence-corrected chi connectivity index (χ4v) is 3.50. The summed E-state index contributed by atoms with van der Waals surface area (Å²) in [6, 6.07) is 2.76. The fourth-order valence-electron chi connectivity index (χ4n) is 3.50. The summed E-state index contributed by atoms with van der Waals surface area (Å²) in [4.78, 5) is 14.3. The highest BCUT2D eigenvalue weighted by Gasteiger charge is 2.27. The van der Waals surface area contributed by atoms with E-state index < -0.39 is 0 Å². The van der Waals surface area contributed by atoms with Crippen molar-refractivity contribution in [1.82, 2.24) is 4.90 Å². The van der Waals surface area contributed by atoms with Crippen LogP contribution in [0.1, 0.15) is 66.7 Å². The SMILES string of the molecule is C#C.CC(=O)/C(=C(/C)CC(C)(C)C)N(C)C1CCC(C#N)CC1. The highest BCUT2D eigenvalue weighted by Crippen LogP contribution is 2.31. The zero-order valence-electron chi connectivity index (χ0n) is 15.6. The third-order valence-electron chi connectivity index (χ3n) is 4.31. The van der Waals surface area contributed by atoms with E-state index in [1.165, 1.54) is 5.57 Å². The molecule has 0 heterocycles. The van der Waals surface area contributed by atoms with Crippen LogP contribution in [0.5, 0.6) is 0 Å². The number of Topliss-reactive ketones (excluding diaryl/α,β-unsaturated/α-hetero) is 1. The molecule has 1 saturated carbocycles. The minimum atomic E-state index is 0.154. The maximum Gasteiger partial charge on any atom is 0.175 e. The zero-order valence-corrected chi connectivity index (χ0v) is 15.6. The lowest BCUT2D eigenvalue weighted by Crippen LogP contribution is -2.37. The third kappa shape index (κ3) is 6.91. The zero-order chi connectivity index (χ0) is 18.2. The van der Waals surface area contributed by atoms with Gasteiger partial charge in [-0.2, -0.15) is 5.26 Å². The summed E-state index contributed by atoms with van der Waals surface area (Å²) < 4.78 is 0. The first-order valence-corrected chi connectivity index (χ1v) is 8.32. The number of hydrogen-bond donors (Lipinski definition) is 0. The lowest BCUT2D eigenvalue weighted by atomic mass is 9.84. The summed E-state index contributed by atoms with van der Waals surface area (Å²) in [5.41, 5.74) is 2.25. The number of ketones is 1. The molecule has 0 aromatic rings. The Morgan fingerprint density at radius 3 is 2.00 bits per heavy atom. The van der Waals surface area contributed by atoms with Gasteiger partial charge >= 0.3 is 0 Å². The van der Waals surface area contributed by atoms with Crippen LogP contribution in [0.2, 0.25) is 0 Å². The van der Waals surface area contributed by atoms with Crippen LogP contribution >= 0.6 is 0 Å². The molecule has 0 aromatic heterocycles. The van der Waals surface area contributed by atoms with Crippen LogP contribution in [0.3, 0.4) is 0 Å². The molecule has 0 saturated heterocycles. The van der Waals surface area contributed by atoms with E-state index in [1.807, 2.05) is 7.05 Å². The standard InChI is InChI=1S/C18H30N2O.C2H2/c1-13(11-18(3,4)5)17(14(2)21)20(6)16-9-7-15(12-19)8-10-16;1-2/h15-16H,7-11H2,1-6H3;1-2H/b17-13+;. The van der Waals surface area contributed by atoms with E-state index in [-0.39, 0.29) is 17.1 Å². The summed E-state index contributed by atoms with van der Waals surface area (Å²) in [6.45, 7) is 10.4. The molecule has 0 unspecified atom stereocenters. The van der Waals surface area contributed by atoms with E-state index in [2.05, 4.69) is 51.5 Å². The maximum atomic E-state index is 12.1. The van der Waals surface area contributed by atoms with Gasteiger partial charge in [-0.1, -0.05) is 20.8 Å². The maximum absolute atomic E-state index is 12.1. The number of nitriles is 1. The van der Waals surface area contributed by atoms with Crippen LogP contribution in [0.25, 0.3) is 0 Å². The number of rotatable bonds is 4. The van der Waals surface area contributed by atoms with Gasteiger partial charge in [-0.15, -0.1) is 12.8 Å². The summed E-state index contributed by atoms with van der Waals surface area (Å²) in [7, 11) is 2.04. The predicted molar refractivity (Wildman–Crippen MR) is 96.5 cm³/mol. The van der Waals surface area contributed by atoms with Gasteiger partial charge in [0.25, 0.3) is 0 Å². The molecule has 0 amide bonds. The Morgan fingerprint density at radius 2 is 1.65 bits per heavy atom. The lowest BCUT2D eigenvalue weighted by molar-refractivity contribution is -0.115. The van der Waals surface area contributed by atoms with Crippen LogP contribution in [0.4, 0.5) is 0 Å². The minimum Gasteiger partial charge on any atom is -0.369 e. The molecule has 128 valence electrons. The predicted octanol–water partition coefficient (Wildman–Crippen LogP) is 4.55. The van der Waals surface area contributed by atoms with Crippen LogP contribution in [0.15, 0.2) is 11.3 Å². The van der Waals surface area contributed by atoms with E-state index in [4.69, 9.17) is 5.26 Å². The van der Waals surface area contributed by atoms with Gasteiger partial charge in [0.05, 0.1) is 11.8 Å². The summed E-state index contributed by atoms with van der Waals surface area (Å²) in [5, 5.41) is 9.00. The first-order chi connectivity index (χ1) is 10.7. The van der Waals surface area contributed by atoms with Crippen molar-refractivity contribution in [2.45, 2.75) is 72.8 Å². The Labute approximate surface area is 142 Å². The van der Waals surface area contributed by atoms with Crippen molar-refractivity contribution in [2.75, 3.05) is 7.05 Å². The molecule has 0 spiro atoms. The van der Waals surface area contributed by atoms with Gasteiger partial charge in [0.2, 0.25) is 0 Å². The Hall–Kier alpha value is -1.74. The number of terminal acetylenes is 1. The van der Waals surface area contributed by atoms with Crippen molar-refractivity contribution < 1.29 is 4.79 Å². The topological polar surface area (TPSA) is 44.1 Å². The van der Waals surface area contributed by atoms with E-state index in [0.29, 0.717) is 6.04 Å². The smallest absolute Gasteiger partial charge is 0.175 e. The average Bonchev–Trinajstić information content (AvgIpc) is 2.47. The molecule has 1 fully saturated rings. The Balaban J connectivity index is 0.00000232. The van der Waals surface area contributed by atoms with E-state index in [9.17, 15) is 4.79 Å². The first-order valence-electron chi connectivity index (χ1n) is 8.32.